The number of nitrogens with zero attached hydrogens (tertiary/aromatic N) is 2. The van der Waals surface area contributed by atoms with E-state index < -0.39 is 0 Å². The number of hydrogen-bond acceptors (Lipinski definition) is 4. The highest BCUT2D eigenvalue weighted by atomic mass is 16.5. The number of nitrogens with one attached hydrogen (secondary N) is 2. The highest BCUT2D eigenvalue weighted by Crippen LogP contribution is 2.14. The van der Waals surface area contributed by atoms with Crippen LogP contribution in [0, 0.1) is 0 Å². The third kappa shape index (κ3) is 8.10. The first-order valence-corrected chi connectivity index (χ1v) is 9.69. The van der Waals surface area contributed by atoms with Gasteiger partial charge in [0.05, 0.1) is 25.8 Å². The Labute approximate surface area is 167 Å². The van der Waals surface area contributed by atoms with Crippen LogP contribution in [0.15, 0.2) is 41.9 Å². The fraction of sp³-hybridized carbons (Fsp3) is 0.524. The number of aliphatic imine (C=N–C) groups is 1. The lowest BCUT2D eigenvalue weighted by Crippen LogP contribution is -2.43. The molecule has 0 bridgehead atoms. The van der Waals surface area contributed by atoms with Gasteiger partial charge in [-0.3, -0.25) is 4.79 Å². The lowest BCUT2D eigenvalue weighted by molar-refractivity contribution is -0.127. The minimum absolute atomic E-state index is 0.0121. The van der Waals surface area contributed by atoms with Crippen LogP contribution in [0.2, 0.25) is 0 Å². The maximum absolute atomic E-state index is 11.8. The van der Waals surface area contributed by atoms with Crippen molar-refractivity contribution in [1.29, 1.82) is 0 Å². The van der Waals surface area contributed by atoms with Crippen molar-refractivity contribution < 1.29 is 14.3 Å². The Morgan fingerprint density at radius 3 is 2.57 bits per heavy atom. The van der Waals surface area contributed by atoms with Gasteiger partial charge in [0.25, 0.3) is 0 Å². The third-order valence-corrected chi connectivity index (χ3v) is 4.42. The summed E-state index contributed by atoms with van der Waals surface area (Å²) in [6.45, 7) is 7.18. The topological polar surface area (TPSA) is 75.2 Å². The molecular formula is C21H32N4O3. The number of benzene rings is 1. The van der Waals surface area contributed by atoms with Crippen molar-refractivity contribution in [2.45, 2.75) is 32.1 Å². The van der Waals surface area contributed by atoms with E-state index >= 15 is 0 Å². The van der Waals surface area contributed by atoms with Gasteiger partial charge in [-0.05, 0) is 24.0 Å². The van der Waals surface area contributed by atoms with Crippen molar-refractivity contribution in [3.8, 4) is 0 Å². The zero-order chi connectivity index (χ0) is 20.2. The molecule has 0 aromatic heterocycles. The van der Waals surface area contributed by atoms with Gasteiger partial charge in [-0.2, -0.15) is 0 Å². The molecule has 2 rings (SSSR count). The molecule has 0 saturated carbocycles. The van der Waals surface area contributed by atoms with Crippen molar-refractivity contribution in [2.24, 2.45) is 4.99 Å². The molecule has 1 aromatic carbocycles. The van der Waals surface area contributed by atoms with E-state index in [4.69, 9.17) is 9.47 Å². The first-order valence-electron chi connectivity index (χ1n) is 9.69. The highest BCUT2D eigenvalue weighted by Gasteiger charge is 2.13. The molecule has 0 radical (unpaired) electrons. The molecule has 7 nitrogen and oxygen atoms in total. The van der Waals surface area contributed by atoms with Gasteiger partial charge in [-0.25, -0.2) is 4.99 Å². The van der Waals surface area contributed by atoms with E-state index in [0.717, 1.165) is 37.2 Å². The molecule has 7 heteroatoms. The normalized spacial score (nSPS) is 15.1. The largest absolute Gasteiger partial charge is 0.381 e. The quantitative estimate of drug-likeness (QED) is 0.383. The molecule has 28 heavy (non-hydrogen) atoms. The molecule has 1 aromatic rings. The Morgan fingerprint density at radius 2 is 1.93 bits per heavy atom. The third-order valence-electron chi connectivity index (χ3n) is 4.42. The Kier molecular flexibility index (Phi) is 9.51. The predicted molar refractivity (Wildman–Crippen MR) is 111 cm³/mol. The summed E-state index contributed by atoms with van der Waals surface area (Å²) >= 11 is 0. The smallest absolute Gasteiger partial charge is 0.241 e. The van der Waals surface area contributed by atoms with Crippen molar-refractivity contribution >= 4 is 11.9 Å². The molecule has 0 unspecified atom stereocenters. The van der Waals surface area contributed by atoms with E-state index in [-0.39, 0.29) is 12.5 Å². The molecule has 1 saturated heterocycles. The van der Waals surface area contributed by atoms with Gasteiger partial charge < -0.3 is 25.0 Å². The fourth-order valence-corrected chi connectivity index (χ4v) is 2.63. The van der Waals surface area contributed by atoms with Crippen LogP contribution in [0.4, 0.5) is 0 Å². The first-order chi connectivity index (χ1) is 13.6. The van der Waals surface area contributed by atoms with Crippen LogP contribution in [0.1, 0.15) is 24.0 Å². The SMILES string of the molecule is C=CCNC(=NCc1ccc(COC2CCOCC2)cc1)NCC(=O)N(C)C. The second kappa shape index (κ2) is 12.2. The van der Waals surface area contributed by atoms with Gasteiger partial charge in [0.1, 0.15) is 0 Å². The number of carbonyl (C=O) groups excluding carboxylic acids is 1. The summed E-state index contributed by atoms with van der Waals surface area (Å²) in [4.78, 5) is 17.8. The maximum atomic E-state index is 11.8. The molecular weight excluding hydrogens is 356 g/mol. The molecule has 0 spiro atoms. The van der Waals surface area contributed by atoms with Crippen LogP contribution in [0.25, 0.3) is 0 Å². The van der Waals surface area contributed by atoms with Crippen molar-refractivity contribution in [3.05, 3.63) is 48.0 Å². The van der Waals surface area contributed by atoms with E-state index in [2.05, 4.69) is 46.5 Å². The fourth-order valence-electron chi connectivity index (χ4n) is 2.63. The van der Waals surface area contributed by atoms with Gasteiger partial charge in [-0.1, -0.05) is 30.3 Å². The van der Waals surface area contributed by atoms with Crippen molar-refractivity contribution in [3.63, 3.8) is 0 Å². The Balaban J connectivity index is 1.84. The Bertz CT molecular complexity index is 638. The Hall–Kier alpha value is -2.38. The summed E-state index contributed by atoms with van der Waals surface area (Å²) in [5, 5.41) is 6.17. The van der Waals surface area contributed by atoms with E-state index in [1.165, 1.54) is 0 Å². The zero-order valence-electron chi connectivity index (χ0n) is 16.9. The lowest BCUT2D eigenvalue weighted by Gasteiger charge is -2.22. The summed E-state index contributed by atoms with van der Waals surface area (Å²) in [6, 6.07) is 8.26. The van der Waals surface area contributed by atoms with Crippen LogP contribution >= 0.6 is 0 Å². The molecule has 1 aliphatic rings. The van der Waals surface area contributed by atoms with E-state index in [0.29, 0.717) is 31.8 Å². The van der Waals surface area contributed by atoms with Crippen molar-refractivity contribution in [2.75, 3.05) is 40.4 Å². The summed E-state index contributed by atoms with van der Waals surface area (Å²) in [6.07, 6.45) is 3.98. The molecule has 1 amide bonds. The molecule has 1 aliphatic heterocycles. The first kappa shape index (κ1) is 21.9. The Morgan fingerprint density at radius 1 is 1.25 bits per heavy atom. The van der Waals surface area contributed by atoms with E-state index in [1.807, 2.05) is 0 Å². The number of rotatable bonds is 9. The highest BCUT2D eigenvalue weighted by molar-refractivity contribution is 5.86. The van der Waals surface area contributed by atoms with Crippen LogP contribution in [-0.4, -0.2) is 63.3 Å². The second-order valence-corrected chi connectivity index (χ2v) is 6.92. The molecule has 0 atom stereocenters. The predicted octanol–water partition coefficient (Wildman–Crippen LogP) is 1.69. The maximum Gasteiger partial charge on any atom is 0.241 e. The summed E-state index contributed by atoms with van der Waals surface area (Å²) in [5.41, 5.74) is 2.24. The van der Waals surface area contributed by atoms with E-state index in [1.54, 1.807) is 25.1 Å². The van der Waals surface area contributed by atoms with Gasteiger partial charge >= 0.3 is 0 Å². The van der Waals surface area contributed by atoms with Crippen LogP contribution in [-0.2, 0) is 27.4 Å². The number of amides is 1. The standard InChI is InChI=1S/C21H32N4O3/c1-4-11-22-21(24-15-20(26)25(2)3)23-14-17-5-7-18(8-6-17)16-28-19-9-12-27-13-10-19/h4-8,19H,1,9-16H2,2-3H3,(H2,22,23,24). The number of carbonyl (C=O) groups is 1. The zero-order valence-corrected chi connectivity index (χ0v) is 16.9. The average Bonchev–Trinajstić information content (AvgIpc) is 2.73. The number of hydrogen-bond donors (Lipinski definition) is 2. The van der Waals surface area contributed by atoms with Gasteiger partial charge in [0.2, 0.25) is 5.91 Å². The molecule has 154 valence electrons. The monoisotopic (exact) mass is 388 g/mol. The van der Waals surface area contributed by atoms with Crippen LogP contribution in [0.5, 0.6) is 0 Å². The summed E-state index contributed by atoms with van der Waals surface area (Å²) < 4.78 is 11.3. The summed E-state index contributed by atoms with van der Waals surface area (Å²) in [5.74, 6) is 0.573. The summed E-state index contributed by atoms with van der Waals surface area (Å²) in [7, 11) is 3.45. The van der Waals surface area contributed by atoms with Crippen molar-refractivity contribution in [1.82, 2.24) is 15.5 Å². The second-order valence-electron chi connectivity index (χ2n) is 6.92. The molecule has 1 fully saturated rings. The molecule has 2 N–H and O–H groups in total. The number of likely N-dealkylation sites (N-methyl/N-ethyl adjacent to an activating group) is 1. The minimum Gasteiger partial charge on any atom is -0.381 e. The number of ether oxygens (including phenoxy) is 2. The molecule has 0 aliphatic carbocycles. The minimum atomic E-state index is -0.0121. The lowest BCUT2D eigenvalue weighted by atomic mass is 10.1. The number of guanidine groups is 1. The molecule has 1 heterocycles. The van der Waals surface area contributed by atoms with Gasteiger partial charge in [-0.15, -0.1) is 6.58 Å². The van der Waals surface area contributed by atoms with Gasteiger partial charge in [0, 0.05) is 33.9 Å². The average molecular weight is 389 g/mol. The van der Waals surface area contributed by atoms with E-state index in [9.17, 15) is 4.79 Å². The van der Waals surface area contributed by atoms with Gasteiger partial charge in [0.15, 0.2) is 5.96 Å². The van der Waals surface area contributed by atoms with Crippen LogP contribution < -0.4 is 10.6 Å². The van der Waals surface area contributed by atoms with Crippen LogP contribution in [0.3, 0.4) is 0 Å².